The van der Waals surface area contributed by atoms with Crippen LogP contribution in [-0.2, 0) is 0 Å². The summed E-state index contributed by atoms with van der Waals surface area (Å²) in [7, 11) is 0. The van der Waals surface area contributed by atoms with Crippen LogP contribution < -0.4 is 4.74 Å². The molecular formula is C12H13FO2. The predicted octanol–water partition coefficient (Wildman–Crippen LogP) is 1.96. The van der Waals surface area contributed by atoms with E-state index >= 15 is 0 Å². The van der Waals surface area contributed by atoms with Gasteiger partial charge in [0.2, 0.25) is 0 Å². The number of hydrogen-bond donors (Lipinski definition) is 1. The van der Waals surface area contributed by atoms with Crippen LogP contribution in [0.5, 0.6) is 5.75 Å². The minimum atomic E-state index is -0.366. The highest BCUT2D eigenvalue weighted by Gasteiger charge is 1.98. The zero-order valence-corrected chi connectivity index (χ0v) is 8.59. The number of ether oxygens (including phenoxy) is 1. The van der Waals surface area contributed by atoms with Crippen LogP contribution in [0.3, 0.4) is 0 Å². The van der Waals surface area contributed by atoms with E-state index in [1.165, 1.54) is 12.1 Å². The molecule has 0 amide bonds. The summed E-state index contributed by atoms with van der Waals surface area (Å²) in [5.41, 5.74) is 0.562. The van der Waals surface area contributed by atoms with Crippen LogP contribution >= 0.6 is 0 Å². The van der Waals surface area contributed by atoms with Crippen LogP contribution in [-0.4, -0.2) is 18.3 Å². The highest BCUT2D eigenvalue weighted by atomic mass is 19.1. The van der Waals surface area contributed by atoms with Gasteiger partial charge in [-0.15, -0.1) is 0 Å². The van der Waals surface area contributed by atoms with Gasteiger partial charge in [-0.3, -0.25) is 0 Å². The molecule has 0 aromatic heterocycles. The number of aliphatic hydroxyl groups is 1. The molecule has 2 nitrogen and oxygen atoms in total. The molecule has 0 radical (unpaired) electrons. The Bertz CT molecular complexity index is 377. The second-order valence-electron chi connectivity index (χ2n) is 2.88. The Morgan fingerprint density at radius 2 is 2.20 bits per heavy atom. The quantitative estimate of drug-likeness (QED) is 0.769. The summed E-state index contributed by atoms with van der Waals surface area (Å²) < 4.78 is 18.2. The van der Waals surface area contributed by atoms with E-state index < -0.39 is 0 Å². The lowest BCUT2D eigenvalue weighted by atomic mass is 10.2. The van der Waals surface area contributed by atoms with Gasteiger partial charge >= 0.3 is 0 Å². The first kappa shape index (κ1) is 11.5. The fourth-order valence-electron chi connectivity index (χ4n) is 1.11. The molecule has 80 valence electrons. The van der Waals surface area contributed by atoms with E-state index in [1.54, 1.807) is 6.07 Å². The maximum absolute atomic E-state index is 13.1. The van der Waals surface area contributed by atoms with Gasteiger partial charge in [-0.2, -0.15) is 0 Å². The average Bonchev–Trinajstić information content (AvgIpc) is 2.18. The third kappa shape index (κ3) is 4.01. The summed E-state index contributed by atoms with van der Waals surface area (Å²) in [6.45, 7) is 2.34. The monoisotopic (exact) mass is 208 g/mol. The molecule has 0 spiro atoms. The lowest BCUT2D eigenvalue weighted by Gasteiger charge is -2.03. The van der Waals surface area contributed by atoms with Crippen molar-refractivity contribution in [1.29, 1.82) is 0 Å². The van der Waals surface area contributed by atoms with Crippen molar-refractivity contribution in [3.8, 4) is 17.6 Å². The summed E-state index contributed by atoms with van der Waals surface area (Å²) in [5, 5.41) is 8.54. The fraction of sp³-hybridized carbons (Fsp3) is 0.333. The van der Waals surface area contributed by atoms with E-state index in [4.69, 9.17) is 9.84 Å². The van der Waals surface area contributed by atoms with Crippen molar-refractivity contribution in [2.75, 3.05) is 13.2 Å². The normalized spacial score (nSPS) is 9.27. The molecule has 1 aromatic carbocycles. The molecule has 0 saturated heterocycles. The SMILES string of the molecule is CCOc1cc(F)cc(C#CCCO)c1. The van der Waals surface area contributed by atoms with Gasteiger partial charge < -0.3 is 9.84 Å². The Hall–Kier alpha value is -1.53. The standard InChI is InChI=1S/C12H13FO2/c1-2-15-12-8-10(5-3-4-6-14)7-11(13)9-12/h7-9,14H,2,4,6H2,1H3. The summed E-state index contributed by atoms with van der Waals surface area (Å²) in [4.78, 5) is 0. The summed E-state index contributed by atoms with van der Waals surface area (Å²) in [6.07, 6.45) is 0.389. The van der Waals surface area contributed by atoms with E-state index in [-0.39, 0.29) is 12.4 Å². The fourth-order valence-corrected chi connectivity index (χ4v) is 1.11. The van der Waals surface area contributed by atoms with E-state index in [0.29, 0.717) is 24.3 Å². The molecule has 1 rings (SSSR count). The minimum absolute atomic E-state index is 0.0145. The molecule has 0 fully saturated rings. The van der Waals surface area contributed by atoms with Crippen molar-refractivity contribution in [2.45, 2.75) is 13.3 Å². The van der Waals surface area contributed by atoms with E-state index in [0.717, 1.165) is 0 Å². The average molecular weight is 208 g/mol. The zero-order valence-electron chi connectivity index (χ0n) is 8.59. The van der Waals surface area contributed by atoms with Crippen LogP contribution in [0.25, 0.3) is 0 Å². The van der Waals surface area contributed by atoms with Crippen LogP contribution in [0.2, 0.25) is 0 Å². The zero-order chi connectivity index (χ0) is 11.1. The van der Waals surface area contributed by atoms with Crippen molar-refractivity contribution in [1.82, 2.24) is 0 Å². The molecule has 15 heavy (non-hydrogen) atoms. The topological polar surface area (TPSA) is 29.5 Å². The Balaban J connectivity index is 2.85. The smallest absolute Gasteiger partial charge is 0.128 e. The van der Waals surface area contributed by atoms with E-state index in [1.807, 2.05) is 6.92 Å². The molecule has 0 aliphatic rings. The molecule has 0 atom stereocenters. The van der Waals surface area contributed by atoms with Gasteiger partial charge in [-0.05, 0) is 19.1 Å². The Morgan fingerprint density at radius 3 is 2.87 bits per heavy atom. The van der Waals surface area contributed by atoms with Crippen molar-refractivity contribution in [3.63, 3.8) is 0 Å². The van der Waals surface area contributed by atoms with Crippen molar-refractivity contribution in [3.05, 3.63) is 29.6 Å². The third-order valence-electron chi connectivity index (χ3n) is 1.65. The second-order valence-corrected chi connectivity index (χ2v) is 2.88. The van der Waals surface area contributed by atoms with Crippen molar-refractivity contribution >= 4 is 0 Å². The molecule has 0 aliphatic heterocycles. The van der Waals surface area contributed by atoms with Crippen molar-refractivity contribution < 1.29 is 14.2 Å². The van der Waals surface area contributed by atoms with E-state index in [2.05, 4.69) is 11.8 Å². The lowest BCUT2D eigenvalue weighted by Crippen LogP contribution is -1.92. The third-order valence-corrected chi connectivity index (χ3v) is 1.65. The van der Waals surface area contributed by atoms with Gasteiger partial charge in [-0.1, -0.05) is 11.8 Å². The summed E-state index contributed by atoms with van der Waals surface area (Å²) in [6, 6.07) is 4.34. The van der Waals surface area contributed by atoms with E-state index in [9.17, 15) is 4.39 Å². The first-order valence-corrected chi connectivity index (χ1v) is 4.79. The molecule has 0 bridgehead atoms. The number of benzene rings is 1. The Kier molecular flexibility index (Phi) is 4.65. The second kappa shape index (κ2) is 6.05. The molecule has 0 unspecified atom stereocenters. The van der Waals surface area contributed by atoms with Gasteiger partial charge in [0, 0.05) is 18.1 Å². The minimum Gasteiger partial charge on any atom is -0.494 e. The molecule has 0 aliphatic carbocycles. The van der Waals surface area contributed by atoms with Crippen LogP contribution in [0.15, 0.2) is 18.2 Å². The van der Waals surface area contributed by atoms with Gasteiger partial charge in [0.05, 0.1) is 13.2 Å². The molecule has 1 N–H and O–H groups in total. The number of rotatable bonds is 3. The largest absolute Gasteiger partial charge is 0.494 e. The first-order chi connectivity index (χ1) is 7.26. The highest BCUT2D eigenvalue weighted by molar-refractivity contribution is 5.40. The number of halogens is 1. The molecule has 3 heteroatoms. The van der Waals surface area contributed by atoms with Crippen LogP contribution in [0.4, 0.5) is 4.39 Å². The maximum atomic E-state index is 13.1. The van der Waals surface area contributed by atoms with Crippen LogP contribution in [0, 0.1) is 17.7 Å². The van der Waals surface area contributed by atoms with Gasteiger partial charge in [-0.25, -0.2) is 4.39 Å². The molecule has 1 aromatic rings. The summed E-state index contributed by atoms with van der Waals surface area (Å²) >= 11 is 0. The van der Waals surface area contributed by atoms with Gasteiger partial charge in [0.15, 0.2) is 0 Å². The highest BCUT2D eigenvalue weighted by Crippen LogP contribution is 2.15. The predicted molar refractivity (Wildman–Crippen MR) is 56.1 cm³/mol. The summed E-state index contributed by atoms with van der Waals surface area (Å²) in [5.74, 6) is 5.59. The number of aliphatic hydroxyl groups excluding tert-OH is 1. The van der Waals surface area contributed by atoms with Crippen molar-refractivity contribution in [2.24, 2.45) is 0 Å². The van der Waals surface area contributed by atoms with Crippen LogP contribution in [0.1, 0.15) is 18.9 Å². The molecule has 0 heterocycles. The number of hydrogen-bond acceptors (Lipinski definition) is 2. The van der Waals surface area contributed by atoms with Gasteiger partial charge in [0.1, 0.15) is 11.6 Å². The maximum Gasteiger partial charge on any atom is 0.128 e. The Morgan fingerprint density at radius 1 is 1.40 bits per heavy atom. The lowest BCUT2D eigenvalue weighted by molar-refractivity contribution is 0.305. The molecule has 0 saturated carbocycles. The molecular weight excluding hydrogens is 195 g/mol. The van der Waals surface area contributed by atoms with Gasteiger partial charge in [0.25, 0.3) is 0 Å². The first-order valence-electron chi connectivity index (χ1n) is 4.79. The Labute approximate surface area is 88.7 Å².